The number of benzene rings is 2. The Morgan fingerprint density at radius 3 is 2.60 bits per heavy atom. The average molecular weight is 309 g/mol. The summed E-state index contributed by atoms with van der Waals surface area (Å²) in [7, 11) is 0. The fraction of sp³-hybridized carbons (Fsp3) is 0.200. The van der Waals surface area contributed by atoms with Gasteiger partial charge in [0.15, 0.2) is 0 Å². The van der Waals surface area contributed by atoms with Crippen LogP contribution in [0.3, 0.4) is 0 Å². The minimum atomic E-state index is -2.37. The Morgan fingerprint density at radius 2 is 1.85 bits per heavy atom. The number of thioether (sulfide) groups is 2. The highest BCUT2D eigenvalue weighted by atomic mass is 32.2. The summed E-state index contributed by atoms with van der Waals surface area (Å²) >= 11 is 2.41. The Hall–Kier alpha value is -1.20. The van der Waals surface area contributed by atoms with E-state index >= 15 is 0 Å². The molecule has 20 heavy (non-hydrogen) atoms. The Labute approximate surface area is 125 Å². The number of fused-ring (bicyclic) bond motifs is 1. The van der Waals surface area contributed by atoms with Gasteiger partial charge in [-0.25, -0.2) is 0 Å². The van der Waals surface area contributed by atoms with Crippen LogP contribution in [0.25, 0.3) is 0 Å². The molecule has 2 aromatic carbocycles. The third-order valence-corrected chi connectivity index (χ3v) is 5.03. The topological polar surface area (TPSA) is 12.0 Å². The van der Waals surface area contributed by atoms with Crippen LogP contribution in [-0.4, -0.2) is 11.5 Å². The van der Waals surface area contributed by atoms with Crippen molar-refractivity contribution in [2.75, 3.05) is 11.1 Å². The molecule has 0 aliphatic carbocycles. The standard InChI is InChI=1S/C15H13F2NS2/c16-15(17)20-11-7-5-10(6-8-11)18-13-9-19-14-4-2-1-3-12(13)14/h1-8,13,15,18H,9H2. The van der Waals surface area contributed by atoms with Crippen molar-refractivity contribution in [2.45, 2.75) is 21.6 Å². The molecule has 1 N–H and O–H groups in total. The molecule has 1 aliphatic heterocycles. The van der Waals surface area contributed by atoms with Crippen molar-refractivity contribution in [3.63, 3.8) is 0 Å². The fourth-order valence-electron chi connectivity index (χ4n) is 2.22. The van der Waals surface area contributed by atoms with Gasteiger partial charge in [-0.1, -0.05) is 30.0 Å². The molecule has 0 saturated carbocycles. The highest BCUT2D eigenvalue weighted by Crippen LogP contribution is 2.39. The monoisotopic (exact) mass is 309 g/mol. The number of nitrogens with one attached hydrogen (secondary N) is 1. The highest BCUT2D eigenvalue weighted by molar-refractivity contribution is 7.99. The van der Waals surface area contributed by atoms with Crippen LogP contribution in [0, 0.1) is 0 Å². The van der Waals surface area contributed by atoms with E-state index < -0.39 is 5.76 Å². The van der Waals surface area contributed by atoms with Gasteiger partial charge in [-0.15, -0.1) is 11.8 Å². The van der Waals surface area contributed by atoms with E-state index in [0.29, 0.717) is 16.7 Å². The van der Waals surface area contributed by atoms with E-state index in [0.717, 1.165) is 11.4 Å². The van der Waals surface area contributed by atoms with Crippen LogP contribution in [-0.2, 0) is 0 Å². The molecule has 2 aromatic rings. The van der Waals surface area contributed by atoms with E-state index in [2.05, 4.69) is 17.4 Å². The summed E-state index contributed by atoms with van der Waals surface area (Å²) in [6.07, 6.45) is 0. The highest BCUT2D eigenvalue weighted by Gasteiger charge is 2.22. The van der Waals surface area contributed by atoms with Crippen molar-refractivity contribution in [3.05, 3.63) is 54.1 Å². The van der Waals surface area contributed by atoms with Gasteiger partial charge in [0.25, 0.3) is 5.76 Å². The zero-order valence-electron chi connectivity index (χ0n) is 10.6. The minimum Gasteiger partial charge on any atom is -0.377 e. The maximum absolute atomic E-state index is 12.3. The molecular formula is C15H13F2NS2. The van der Waals surface area contributed by atoms with Crippen LogP contribution in [0.4, 0.5) is 14.5 Å². The summed E-state index contributed by atoms with van der Waals surface area (Å²) in [4.78, 5) is 1.90. The molecule has 5 heteroatoms. The van der Waals surface area contributed by atoms with Crippen LogP contribution < -0.4 is 5.32 Å². The fourth-order valence-corrected chi connectivity index (χ4v) is 3.88. The number of alkyl halides is 2. The molecule has 0 amide bonds. The molecule has 0 radical (unpaired) electrons. The quantitative estimate of drug-likeness (QED) is 0.774. The van der Waals surface area contributed by atoms with Gasteiger partial charge in [0, 0.05) is 21.2 Å². The summed E-state index contributed by atoms with van der Waals surface area (Å²) in [6, 6.07) is 15.8. The lowest BCUT2D eigenvalue weighted by atomic mass is 10.1. The smallest absolute Gasteiger partial charge is 0.288 e. The van der Waals surface area contributed by atoms with Crippen molar-refractivity contribution in [2.24, 2.45) is 0 Å². The van der Waals surface area contributed by atoms with Crippen molar-refractivity contribution in [3.8, 4) is 0 Å². The molecular weight excluding hydrogens is 296 g/mol. The van der Waals surface area contributed by atoms with Crippen LogP contribution in [0.2, 0.25) is 0 Å². The van der Waals surface area contributed by atoms with Gasteiger partial charge in [0.1, 0.15) is 0 Å². The van der Waals surface area contributed by atoms with Crippen LogP contribution in [0.1, 0.15) is 11.6 Å². The molecule has 0 saturated heterocycles. The van der Waals surface area contributed by atoms with E-state index in [4.69, 9.17) is 0 Å². The van der Waals surface area contributed by atoms with Crippen LogP contribution in [0.5, 0.6) is 0 Å². The number of rotatable bonds is 4. The van der Waals surface area contributed by atoms with E-state index in [1.807, 2.05) is 36.0 Å². The van der Waals surface area contributed by atoms with E-state index in [-0.39, 0.29) is 6.04 Å². The first-order valence-corrected chi connectivity index (χ1v) is 8.12. The van der Waals surface area contributed by atoms with Gasteiger partial charge < -0.3 is 5.32 Å². The Balaban J connectivity index is 1.70. The third-order valence-electron chi connectivity index (χ3n) is 3.12. The zero-order valence-corrected chi connectivity index (χ0v) is 12.2. The molecule has 0 bridgehead atoms. The maximum atomic E-state index is 12.3. The number of hydrogen-bond donors (Lipinski definition) is 1. The molecule has 1 heterocycles. The Bertz CT molecular complexity index is 587. The first-order chi connectivity index (χ1) is 9.72. The summed E-state index contributed by atoms with van der Waals surface area (Å²) < 4.78 is 24.5. The minimum absolute atomic E-state index is 0.282. The van der Waals surface area contributed by atoms with Crippen molar-refractivity contribution in [1.82, 2.24) is 0 Å². The van der Waals surface area contributed by atoms with Crippen LogP contribution in [0.15, 0.2) is 58.3 Å². The second-order valence-electron chi connectivity index (χ2n) is 4.45. The lowest BCUT2D eigenvalue weighted by Crippen LogP contribution is -2.09. The van der Waals surface area contributed by atoms with Crippen molar-refractivity contribution >= 4 is 29.2 Å². The average Bonchev–Trinajstić information content (AvgIpc) is 2.84. The predicted molar refractivity (Wildman–Crippen MR) is 81.8 cm³/mol. The molecule has 104 valence electrons. The lowest BCUT2D eigenvalue weighted by Gasteiger charge is -2.15. The summed E-state index contributed by atoms with van der Waals surface area (Å²) in [5, 5.41) is 3.46. The van der Waals surface area contributed by atoms with Crippen molar-refractivity contribution < 1.29 is 8.78 Å². The number of anilines is 1. The molecule has 0 fully saturated rings. The normalized spacial score (nSPS) is 17.2. The molecule has 1 unspecified atom stereocenters. The first kappa shape index (κ1) is 13.8. The predicted octanol–water partition coefficient (Wildman–Crippen LogP) is 5.26. The van der Waals surface area contributed by atoms with Gasteiger partial charge in [-0.05, 0) is 35.9 Å². The van der Waals surface area contributed by atoms with E-state index in [1.165, 1.54) is 10.5 Å². The Kier molecular flexibility index (Phi) is 4.17. The molecule has 1 aliphatic rings. The van der Waals surface area contributed by atoms with E-state index in [1.54, 1.807) is 12.1 Å². The number of hydrogen-bond acceptors (Lipinski definition) is 3. The van der Waals surface area contributed by atoms with Gasteiger partial charge in [-0.3, -0.25) is 0 Å². The summed E-state index contributed by atoms with van der Waals surface area (Å²) in [5.41, 5.74) is 2.27. The van der Waals surface area contributed by atoms with Crippen LogP contribution >= 0.6 is 23.5 Å². The van der Waals surface area contributed by atoms with Crippen molar-refractivity contribution in [1.29, 1.82) is 0 Å². The molecule has 0 spiro atoms. The summed E-state index contributed by atoms with van der Waals surface area (Å²) in [6.45, 7) is 0. The van der Waals surface area contributed by atoms with Gasteiger partial charge in [0.2, 0.25) is 0 Å². The van der Waals surface area contributed by atoms with Gasteiger partial charge >= 0.3 is 0 Å². The SMILES string of the molecule is FC(F)Sc1ccc(NC2CSc3ccccc32)cc1. The summed E-state index contributed by atoms with van der Waals surface area (Å²) in [5.74, 6) is -1.38. The second kappa shape index (κ2) is 6.06. The number of halogens is 2. The molecule has 1 atom stereocenters. The lowest BCUT2D eigenvalue weighted by molar-refractivity contribution is 0.252. The first-order valence-electron chi connectivity index (χ1n) is 6.25. The maximum Gasteiger partial charge on any atom is 0.288 e. The van der Waals surface area contributed by atoms with Gasteiger partial charge in [-0.2, -0.15) is 8.78 Å². The molecule has 1 nitrogen and oxygen atoms in total. The zero-order chi connectivity index (χ0) is 13.9. The second-order valence-corrected chi connectivity index (χ2v) is 6.57. The molecule has 0 aromatic heterocycles. The largest absolute Gasteiger partial charge is 0.377 e. The Morgan fingerprint density at radius 1 is 1.10 bits per heavy atom. The molecule has 3 rings (SSSR count). The third kappa shape index (κ3) is 3.10. The van der Waals surface area contributed by atoms with Gasteiger partial charge in [0.05, 0.1) is 6.04 Å². The van der Waals surface area contributed by atoms with E-state index in [9.17, 15) is 8.78 Å².